The normalized spacial score (nSPS) is 11.9. The van der Waals surface area contributed by atoms with Crippen molar-refractivity contribution in [2.45, 2.75) is 20.3 Å². The fraction of sp³-hybridized carbons (Fsp3) is 0.417. The number of aliphatic carboxylic acids is 1. The molecular weight excluding hydrogens is 236 g/mol. The summed E-state index contributed by atoms with van der Waals surface area (Å²) in [6, 6.07) is 4.56. The van der Waals surface area contributed by atoms with Crippen LogP contribution in [0.3, 0.4) is 0 Å². The van der Waals surface area contributed by atoms with Gasteiger partial charge < -0.3 is 10.4 Å². The lowest BCUT2D eigenvalue weighted by Crippen LogP contribution is -2.15. The molecule has 6 nitrogen and oxygen atoms in total. The van der Waals surface area contributed by atoms with Crippen LogP contribution in [-0.2, 0) is 4.79 Å². The zero-order valence-corrected chi connectivity index (χ0v) is 10.3. The van der Waals surface area contributed by atoms with Gasteiger partial charge in [0.15, 0.2) is 0 Å². The largest absolute Gasteiger partial charge is 0.481 e. The van der Waals surface area contributed by atoms with E-state index in [1.165, 1.54) is 12.1 Å². The Morgan fingerprint density at radius 2 is 2.22 bits per heavy atom. The number of anilines is 1. The number of carboxylic acid groups (broad SMARTS) is 1. The Bertz CT molecular complexity index is 459. The van der Waals surface area contributed by atoms with Crippen LogP contribution >= 0.6 is 0 Å². The third-order valence-corrected chi connectivity index (χ3v) is 2.58. The molecule has 0 saturated carbocycles. The first kappa shape index (κ1) is 14.0. The van der Waals surface area contributed by atoms with Gasteiger partial charge in [-0.2, -0.15) is 0 Å². The highest BCUT2D eigenvalue weighted by Crippen LogP contribution is 2.21. The first-order chi connectivity index (χ1) is 8.40. The molecule has 1 atom stereocenters. The van der Waals surface area contributed by atoms with Crippen molar-refractivity contribution in [3.8, 4) is 0 Å². The SMILES string of the molecule is Cc1cc([N+](=O)[O-])ccc1NCC(C)CC(=O)O. The molecule has 0 aliphatic carbocycles. The number of rotatable bonds is 6. The molecular formula is C12H16N2O4. The average Bonchev–Trinajstić information content (AvgIpc) is 2.26. The van der Waals surface area contributed by atoms with E-state index in [1.807, 2.05) is 6.92 Å². The van der Waals surface area contributed by atoms with Gasteiger partial charge in [0, 0.05) is 30.8 Å². The van der Waals surface area contributed by atoms with E-state index in [-0.39, 0.29) is 18.0 Å². The summed E-state index contributed by atoms with van der Waals surface area (Å²) in [6.07, 6.45) is 0.0963. The minimum Gasteiger partial charge on any atom is -0.481 e. The van der Waals surface area contributed by atoms with Crippen molar-refractivity contribution in [2.75, 3.05) is 11.9 Å². The third-order valence-electron chi connectivity index (χ3n) is 2.58. The number of hydrogen-bond donors (Lipinski definition) is 2. The number of hydrogen-bond acceptors (Lipinski definition) is 4. The number of nitro benzene ring substituents is 1. The molecule has 0 amide bonds. The molecule has 2 N–H and O–H groups in total. The van der Waals surface area contributed by atoms with E-state index < -0.39 is 10.9 Å². The lowest BCUT2D eigenvalue weighted by Gasteiger charge is -2.13. The predicted molar refractivity (Wildman–Crippen MR) is 67.7 cm³/mol. The van der Waals surface area contributed by atoms with E-state index >= 15 is 0 Å². The van der Waals surface area contributed by atoms with Crippen molar-refractivity contribution in [3.05, 3.63) is 33.9 Å². The number of non-ortho nitro benzene ring substituents is 1. The quantitative estimate of drug-likeness (QED) is 0.599. The molecule has 0 aromatic heterocycles. The summed E-state index contributed by atoms with van der Waals surface area (Å²) in [7, 11) is 0. The Hall–Kier alpha value is -2.11. The van der Waals surface area contributed by atoms with Gasteiger partial charge >= 0.3 is 5.97 Å². The lowest BCUT2D eigenvalue weighted by atomic mass is 10.1. The molecule has 1 aromatic rings. The number of aryl methyl sites for hydroxylation is 1. The monoisotopic (exact) mass is 252 g/mol. The molecule has 0 spiro atoms. The van der Waals surface area contributed by atoms with Gasteiger partial charge in [-0.25, -0.2) is 0 Å². The summed E-state index contributed by atoms with van der Waals surface area (Å²) in [5.41, 5.74) is 1.61. The standard InChI is InChI=1S/C12H16N2O4/c1-8(5-12(15)16)7-13-11-4-3-10(14(17)18)6-9(11)2/h3-4,6,8,13H,5,7H2,1-2H3,(H,15,16). The molecule has 0 saturated heterocycles. The van der Waals surface area contributed by atoms with E-state index in [2.05, 4.69) is 5.32 Å². The second-order valence-electron chi connectivity index (χ2n) is 4.34. The van der Waals surface area contributed by atoms with Crippen molar-refractivity contribution >= 4 is 17.3 Å². The Morgan fingerprint density at radius 1 is 1.56 bits per heavy atom. The molecule has 0 heterocycles. The van der Waals surface area contributed by atoms with Gasteiger partial charge in [0.1, 0.15) is 0 Å². The van der Waals surface area contributed by atoms with Gasteiger partial charge in [-0.15, -0.1) is 0 Å². The molecule has 0 aliphatic rings. The second kappa shape index (κ2) is 6.00. The van der Waals surface area contributed by atoms with E-state index in [0.29, 0.717) is 6.54 Å². The van der Waals surface area contributed by atoms with Crippen LogP contribution in [0, 0.1) is 23.0 Å². The average molecular weight is 252 g/mol. The van der Waals surface area contributed by atoms with Crippen LogP contribution in [0.5, 0.6) is 0 Å². The van der Waals surface area contributed by atoms with Crippen LogP contribution in [0.1, 0.15) is 18.9 Å². The molecule has 0 bridgehead atoms. The molecule has 18 heavy (non-hydrogen) atoms. The van der Waals surface area contributed by atoms with Crippen molar-refractivity contribution in [1.29, 1.82) is 0 Å². The number of carboxylic acids is 1. The van der Waals surface area contributed by atoms with Gasteiger partial charge in [0.25, 0.3) is 5.69 Å². The van der Waals surface area contributed by atoms with Crippen LogP contribution in [0.4, 0.5) is 11.4 Å². The minimum absolute atomic E-state index is 0.00269. The fourth-order valence-corrected chi connectivity index (χ4v) is 1.61. The molecule has 0 fully saturated rings. The summed E-state index contributed by atoms with van der Waals surface area (Å²) < 4.78 is 0. The molecule has 1 aromatic carbocycles. The molecule has 1 unspecified atom stereocenters. The molecule has 98 valence electrons. The van der Waals surface area contributed by atoms with Gasteiger partial charge in [-0.1, -0.05) is 6.92 Å². The topological polar surface area (TPSA) is 92.5 Å². The molecule has 0 aliphatic heterocycles. The predicted octanol–water partition coefficient (Wildman–Crippen LogP) is 2.43. The van der Waals surface area contributed by atoms with Crippen molar-refractivity contribution in [1.82, 2.24) is 0 Å². The van der Waals surface area contributed by atoms with Crippen molar-refractivity contribution in [3.63, 3.8) is 0 Å². The fourth-order valence-electron chi connectivity index (χ4n) is 1.61. The summed E-state index contributed by atoms with van der Waals surface area (Å²) in [5, 5.41) is 22.3. The number of nitrogens with zero attached hydrogens (tertiary/aromatic N) is 1. The van der Waals surface area contributed by atoms with Crippen LogP contribution in [-0.4, -0.2) is 22.5 Å². The van der Waals surface area contributed by atoms with Crippen molar-refractivity contribution in [2.24, 2.45) is 5.92 Å². The number of nitrogens with one attached hydrogen (secondary N) is 1. The number of nitro groups is 1. The summed E-state index contributed by atoms with van der Waals surface area (Å²) in [4.78, 5) is 20.6. The zero-order valence-electron chi connectivity index (χ0n) is 10.3. The second-order valence-corrected chi connectivity index (χ2v) is 4.34. The zero-order chi connectivity index (χ0) is 13.7. The van der Waals surface area contributed by atoms with Crippen LogP contribution < -0.4 is 5.32 Å². The highest BCUT2D eigenvalue weighted by Gasteiger charge is 2.10. The lowest BCUT2D eigenvalue weighted by molar-refractivity contribution is -0.384. The van der Waals surface area contributed by atoms with E-state index in [0.717, 1.165) is 11.3 Å². The van der Waals surface area contributed by atoms with Gasteiger partial charge in [-0.3, -0.25) is 14.9 Å². The summed E-state index contributed by atoms with van der Waals surface area (Å²) in [6.45, 7) is 4.13. The Kier molecular flexibility index (Phi) is 4.65. The molecule has 6 heteroatoms. The van der Waals surface area contributed by atoms with Gasteiger partial charge in [0.2, 0.25) is 0 Å². The van der Waals surface area contributed by atoms with Gasteiger partial charge in [-0.05, 0) is 24.5 Å². The molecule has 1 rings (SSSR count). The maximum atomic E-state index is 10.6. The van der Waals surface area contributed by atoms with Crippen LogP contribution in [0.2, 0.25) is 0 Å². The van der Waals surface area contributed by atoms with E-state index in [4.69, 9.17) is 5.11 Å². The van der Waals surface area contributed by atoms with Gasteiger partial charge in [0.05, 0.1) is 4.92 Å². The maximum absolute atomic E-state index is 10.6. The summed E-state index contributed by atoms with van der Waals surface area (Å²) in [5.74, 6) is -0.832. The number of carbonyl (C=O) groups is 1. The number of benzene rings is 1. The Labute approximate surface area is 105 Å². The minimum atomic E-state index is -0.829. The maximum Gasteiger partial charge on any atom is 0.303 e. The van der Waals surface area contributed by atoms with Crippen LogP contribution in [0.15, 0.2) is 18.2 Å². The Balaban J connectivity index is 2.63. The third kappa shape index (κ3) is 4.04. The highest BCUT2D eigenvalue weighted by molar-refractivity contribution is 5.67. The highest BCUT2D eigenvalue weighted by atomic mass is 16.6. The summed E-state index contributed by atoms with van der Waals surface area (Å²) >= 11 is 0. The Morgan fingerprint density at radius 3 is 2.72 bits per heavy atom. The molecule has 0 radical (unpaired) electrons. The first-order valence-electron chi connectivity index (χ1n) is 5.61. The first-order valence-corrected chi connectivity index (χ1v) is 5.61. The smallest absolute Gasteiger partial charge is 0.303 e. The van der Waals surface area contributed by atoms with Crippen molar-refractivity contribution < 1.29 is 14.8 Å². The van der Waals surface area contributed by atoms with Crippen LogP contribution in [0.25, 0.3) is 0 Å². The van der Waals surface area contributed by atoms with E-state index in [9.17, 15) is 14.9 Å². The van der Waals surface area contributed by atoms with E-state index in [1.54, 1.807) is 13.0 Å².